The van der Waals surface area contributed by atoms with Crippen molar-refractivity contribution in [2.24, 2.45) is 5.73 Å². The number of carboxylic acids is 1. The second kappa shape index (κ2) is 8.21. The minimum absolute atomic E-state index is 0.0507. The van der Waals surface area contributed by atoms with Crippen LogP contribution < -0.4 is 19.9 Å². The Morgan fingerprint density at radius 1 is 1.12 bits per heavy atom. The molecule has 0 aliphatic rings. The van der Waals surface area contributed by atoms with Crippen LogP contribution in [-0.2, 0) is 6.42 Å². The molecule has 2 aromatic rings. The third kappa shape index (κ3) is 4.39. The molecule has 6 heteroatoms. The van der Waals surface area contributed by atoms with Crippen molar-refractivity contribution in [3.63, 3.8) is 0 Å². The zero-order valence-corrected chi connectivity index (χ0v) is 13.7. The Labute approximate surface area is 140 Å². The molecule has 0 saturated heterocycles. The van der Waals surface area contributed by atoms with Crippen LogP contribution in [0.4, 0.5) is 0 Å². The van der Waals surface area contributed by atoms with Gasteiger partial charge in [0.2, 0.25) is 0 Å². The van der Waals surface area contributed by atoms with Crippen LogP contribution in [0.25, 0.3) is 0 Å². The van der Waals surface area contributed by atoms with Crippen LogP contribution in [0.15, 0.2) is 42.5 Å². The first-order valence-corrected chi connectivity index (χ1v) is 7.46. The number of benzene rings is 2. The van der Waals surface area contributed by atoms with E-state index in [0.29, 0.717) is 12.2 Å². The molecule has 2 rings (SSSR count). The summed E-state index contributed by atoms with van der Waals surface area (Å²) in [6.45, 7) is 0.172. The monoisotopic (exact) mass is 331 g/mol. The Bertz CT molecular complexity index is 687. The molecule has 0 radical (unpaired) electrons. The highest BCUT2D eigenvalue weighted by Gasteiger charge is 2.20. The van der Waals surface area contributed by atoms with E-state index in [1.165, 1.54) is 26.4 Å². The molecular formula is C18H21NO5. The van der Waals surface area contributed by atoms with E-state index in [-0.39, 0.29) is 29.7 Å². The predicted octanol–water partition coefficient (Wildman–Crippen LogP) is 2.35. The Hall–Kier alpha value is -2.73. The number of carboxylic acid groups (broad SMARTS) is 1. The second-order valence-corrected chi connectivity index (χ2v) is 5.27. The van der Waals surface area contributed by atoms with Crippen molar-refractivity contribution in [3.8, 4) is 17.2 Å². The summed E-state index contributed by atoms with van der Waals surface area (Å²) in [4.78, 5) is 11.5. The van der Waals surface area contributed by atoms with E-state index in [0.717, 1.165) is 5.56 Å². The third-order valence-electron chi connectivity index (χ3n) is 3.50. The van der Waals surface area contributed by atoms with Crippen LogP contribution in [0.5, 0.6) is 17.2 Å². The van der Waals surface area contributed by atoms with E-state index in [9.17, 15) is 9.90 Å². The summed E-state index contributed by atoms with van der Waals surface area (Å²) in [7, 11) is 2.88. The van der Waals surface area contributed by atoms with E-state index >= 15 is 0 Å². The van der Waals surface area contributed by atoms with Gasteiger partial charge in [0.25, 0.3) is 0 Å². The molecular weight excluding hydrogens is 310 g/mol. The Morgan fingerprint density at radius 3 is 2.38 bits per heavy atom. The molecule has 0 aromatic heterocycles. The van der Waals surface area contributed by atoms with Crippen LogP contribution in [0.3, 0.4) is 0 Å². The first-order chi connectivity index (χ1) is 11.5. The minimum atomic E-state index is -1.14. The summed E-state index contributed by atoms with van der Waals surface area (Å²) in [5, 5.41) is 9.41. The molecule has 24 heavy (non-hydrogen) atoms. The van der Waals surface area contributed by atoms with Crippen molar-refractivity contribution < 1.29 is 24.1 Å². The van der Waals surface area contributed by atoms with Gasteiger partial charge < -0.3 is 25.1 Å². The molecule has 128 valence electrons. The van der Waals surface area contributed by atoms with Gasteiger partial charge in [0.05, 0.1) is 14.2 Å². The Morgan fingerprint density at radius 2 is 1.79 bits per heavy atom. The summed E-state index contributed by atoms with van der Waals surface area (Å²) >= 11 is 0. The van der Waals surface area contributed by atoms with Gasteiger partial charge in [-0.1, -0.05) is 30.3 Å². The molecule has 2 aromatic carbocycles. The molecule has 6 nitrogen and oxygen atoms in total. The van der Waals surface area contributed by atoms with Gasteiger partial charge in [0.1, 0.15) is 29.4 Å². The average Bonchev–Trinajstić information content (AvgIpc) is 2.59. The van der Waals surface area contributed by atoms with Gasteiger partial charge in [0, 0.05) is 18.2 Å². The molecule has 0 bridgehead atoms. The second-order valence-electron chi connectivity index (χ2n) is 5.27. The summed E-state index contributed by atoms with van der Waals surface area (Å²) in [5.41, 5.74) is 7.13. The topological polar surface area (TPSA) is 91.0 Å². The predicted molar refractivity (Wildman–Crippen MR) is 90.1 cm³/mol. The van der Waals surface area contributed by atoms with Gasteiger partial charge in [-0.05, 0) is 12.0 Å². The van der Waals surface area contributed by atoms with E-state index in [4.69, 9.17) is 19.9 Å². The zero-order chi connectivity index (χ0) is 17.5. The lowest BCUT2D eigenvalue weighted by Gasteiger charge is -2.17. The fourth-order valence-electron chi connectivity index (χ4n) is 2.34. The average molecular weight is 331 g/mol. The number of hydrogen-bond acceptors (Lipinski definition) is 5. The van der Waals surface area contributed by atoms with Gasteiger partial charge in [-0.2, -0.15) is 0 Å². The third-order valence-corrected chi connectivity index (χ3v) is 3.50. The van der Waals surface area contributed by atoms with Crippen LogP contribution in [0.2, 0.25) is 0 Å². The highest BCUT2D eigenvalue weighted by Crippen LogP contribution is 2.34. The first kappa shape index (κ1) is 17.6. The van der Waals surface area contributed by atoms with Crippen molar-refractivity contribution >= 4 is 5.97 Å². The largest absolute Gasteiger partial charge is 0.496 e. The SMILES string of the molecule is COc1cc(OC)c(C(=O)O)c(OCC(N)Cc2ccccc2)c1. The smallest absolute Gasteiger partial charge is 0.343 e. The number of nitrogens with two attached hydrogens (primary N) is 1. The highest BCUT2D eigenvalue weighted by atomic mass is 16.5. The maximum absolute atomic E-state index is 11.5. The fraction of sp³-hybridized carbons (Fsp3) is 0.278. The van der Waals surface area contributed by atoms with Crippen molar-refractivity contribution in [1.82, 2.24) is 0 Å². The van der Waals surface area contributed by atoms with E-state index < -0.39 is 5.97 Å². The maximum atomic E-state index is 11.5. The van der Waals surface area contributed by atoms with Crippen molar-refractivity contribution in [2.45, 2.75) is 12.5 Å². The van der Waals surface area contributed by atoms with Crippen molar-refractivity contribution in [2.75, 3.05) is 20.8 Å². The van der Waals surface area contributed by atoms with Crippen LogP contribution in [-0.4, -0.2) is 37.9 Å². The van der Waals surface area contributed by atoms with Crippen LogP contribution in [0.1, 0.15) is 15.9 Å². The number of rotatable bonds is 8. The Balaban J connectivity index is 2.14. The maximum Gasteiger partial charge on any atom is 0.343 e. The molecule has 0 spiro atoms. The Kier molecular flexibility index (Phi) is 6.03. The van der Waals surface area contributed by atoms with Crippen molar-refractivity contribution in [3.05, 3.63) is 53.6 Å². The lowest BCUT2D eigenvalue weighted by molar-refractivity contribution is 0.0688. The molecule has 0 heterocycles. The molecule has 1 unspecified atom stereocenters. The number of aromatic carboxylic acids is 1. The lowest BCUT2D eigenvalue weighted by atomic mass is 10.1. The molecule has 0 saturated carbocycles. The molecule has 3 N–H and O–H groups in total. The van der Waals surface area contributed by atoms with Gasteiger partial charge >= 0.3 is 5.97 Å². The first-order valence-electron chi connectivity index (χ1n) is 7.46. The van der Waals surface area contributed by atoms with Crippen LogP contribution in [0, 0.1) is 0 Å². The molecule has 0 amide bonds. The van der Waals surface area contributed by atoms with E-state index in [2.05, 4.69) is 0 Å². The zero-order valence-electron chi connectivity index (χ0n) is 13.7. The number of ether oxygens (including phenoxy) is 3. The van der Waals surface area contributed by atoms with Crippen LogP contribution >= 0.6 is 0 Å². The van der Waals surface area contributed by atoms with E-state index in [1.54, 1.807) is 0 Å². The summed E-state index contributed by atoms with van der Waals surface area (Å²) < 4.78 is 15.9. The van der Waals surface area contributed by atoms with Gasteiger partial charge in [-0.3, -0.25) is 0 Å². The standard InChI is InChI=1S/C18H21NO5/c1-22-14-9-15(23-2)17(18(20)21)16(10-14)24-11-13(19)8-12-6-4-3-5-7-12/h3-7,9-10,13H,8,11,19H2,1-2H3,(H,20,21). The molecule has 0 aliphatic carbocycles. The summed E-state index contributed by atoms with van der Waals surface area (Å²) in [6.07, 6.45) is 0.629. The number of carbonyl (C=O) groups is 1. The van der Waals surface area contributed by atoms with Gasteiger partial charge in [-0.25, -0.2) is 4.79 Å². The molecule has 0 aliphatic heterocycles. The summed E-state index contributed by atoms with van der Waals surface area (Å²) in [6, 6.07) is 12.5. The van der Waals surface area contributed by atoms with Gasteiger partial charge in [0.15, 0.2) is 0 Å². The highest BCUT2D eigenvalue weighted by molar-refractivity contribution is 5.94. The minimum Gasteiger partial charge on any atom is -0.496 e. The molecule has 0 fully saturated rings. The number of hydrogen-bond donors (Lipinski definition) is 2. The van der Waals surface area contributed by atoms with E-state index in [1.807, 2.05) is 30.3 Å². The molecule has 1 atom stereocenters. The lowest BCUT2D eigenvalue weighted by Crippen LogP contribution is -2.30. The summed E-state index contributed by atoms with van der Waals surface area (Å²) in [5.74, 6) is -0.347. The normalized spacial score (nSPS) is 11.6. The number of methoxy groups -OCH3 is 2. The fourth-order valence-corrected chi connectivity index (χ4v) is 2.34. The van der Waals surface area contributed by atoms with Gasteiger partial charge in [-0.15, -0.1) is 0 Å². The quantitative estimate of drug-likeness (QED) is 0.771. The van der Waals surface area contributed by atoms with Crippen molar-refractivity contribution in [1.29, 1.82) is 0 Å².